The first-order chi connectivity index (χ1) is 8.39. The highest BCUT2D eigenvalue weighted by atomic mass is 35.6. The average molecular weight is 324 g/mol. The first-order valence-electron chi connectivity index (χ1n) is 4.97. The Morgan fingerprint density at radius 2 is 1.72 bits per heavy atom. The highest BCUT2D eigenvalue weighted by Crippen LogP contribution is 2.37. The molecule has 0 bridgehead atoms. The molecule has 0 unspecified atom stereocenters. The Morgan fingerprint density at radius 3 is 2.06 bits per heavy atom. The third kappa shape index (κ3) is 5.87. The van der Waals surface area contributed by atoms with Crippen molar-refractivity contribution >= 4 is 46.4 Å². The van der Waals surface area contributed by atoms with Gasteiger partial charge in [-0.3, -0.25) is 4.98 Å². The van der Waals surface area contributed by atoms with Gasteiger partial charge in [-0.05, 0) is 31.2 Å². The van der Waals surface area contributed by atoms with E-state index in [1.165, 1.54) is 0 Å². The third-order valence-electron chi connectivity index (χ3n) is 1.82. The van der Waals surface area contributed by atoms with E-state index in [0.29, 0.717) is 10.8 Å². The maximum Gasteiger partial charge on any atom is 0.232 e. The van der Waals surface area contributed by atoms with Gasteiger partial charge in [0.15, 0.2) is 0 Å². The van der Waals surface area contributed by atoms with Crippen LogP contribution in [0.3, 0.4) is 0 Å². The molecule has 18 heavy (non-hydrogen) atoms. The number of nitrogens with zero attached hydrogens (tertiary/aromatic N) is 2. The summed E-state index contributed by atoms with van der Waals surface area (Å²) in [5, 5.41) is 0.314. The third-order valence-corrected chi connectivity index (χ3v) is 2.61. The number of alkyl halides is 3. The fraction of sp³-hybridized carbons (Fsp3) is 0.167. The van der Waals surface area contributed by atoms with E-state index in [-0.39, 0.29) is 0 Å². The Balaban J connectivity index is 0.000000199. The van der Waals surface area contributed by atoms with Crippen molar-refractivity contribution in [1.29, 1.82) is 0 Å². The summed E-state index contributed by atoms with van der Waals surface area (Å²) in [6.45, 7) is 1.97. The van der Waals surface area contributed by atoms with Gasteiger partial charge in [0.05, 0.1) is 5.69 Å². The molecule has 2 rings (SSSR count). The Kier molecular flexibility index (Phi) is 6.16. The van der Waals surface area contributed by atoms with Crippen LogP contribution in [0.15, 0.2) is 42.6 Å². The van der Waals surface area contributed by atoms with Crippen LogP contribution in [0.1, 0.15) is 11.4 Å². The van der Waals surface area contributed by atoms with Crippen molar-refractivity contribution in [3.05, 3.63) is 59.1 Å². The largest absolute Gasteiger partial charge is 0.262 e. The number of hydrogen-bond acceptors (Lipinski definition) is 2. The van der Waals surface area contributed by atoms with Crippen molar-refractivity contribution in [3.8, 4) is 0 Å². The van der Waals surface area contributed by atoms with Gasteiger partial charge in [-0.15, -0.1) is 0 Å². The van der Waals surface area contributed by atoms with Crippen LogP contribution in [0.25, 0.3) is 0 Å². The minimum absolute atomic E-state index is 0.314. The van der Waals surface area contributed by atoms with Gasteiger partial charge >= 0.3 is 0 Å². The topological polar surface area (TPSA) is 25.8 Å². The number of rotatable bonds is 0. The number of halogens is 4. The number of aromatic nitrogens is 2. The fourth-order valence-corrected chi connectivity index (χ4v) is 1.49. The lowest BCUT2D eigenvalue weighted by Gasteiger charge is -2.08. The molecule has 0 spiro atoms. The molecule has 96 valence electrons. The molecule has 0 aliphatic heterocycles. The van der Waals surface area contributed by atoms with E-state index in [2.05, 4.69) is 9.97 Å². The van der Waals surface area contributed by atoms with Crippen molar-refractivity contribution in [2.24, 2.45) is 0 Å². The van der Waals surface area contributed by atoms with Crippen molar-refractivity contribution in [3.63, 3.8) is 0 Å². The van der Waals surface area contributed by atoms with E-state index in [1.54, 1.807) is 24.4 Å². The van der Waals surface area contributed by atoms with Crippen LogP contribution in [0.2, 0.25) is 5.15 Å². The second-order valence-corrected chi connectivity index (χ2v) is 5.98. The smallest absolute Gasteiger partial charge is 0.232 e. The monoisotopic (exact) mass is 322 g/mol. The summed E-state index contributed by atoms with van der Waals surface area (Å²) in [4.78, 5) is 7.79. The number of pyridine rings is 2. The van der Waals surface area contributed by atoms with E-state index in [9.17, 15) is 0 Å². The summed E-state index contributed by atoms with van der Waals surface area (Å²) in [5.74, 6) is 0. The molecule has 0 aromatic carbocycles. The maximum absolute atomic E-state index is 5.56. The first kappa shape index (κ1) is 15.5. The number of aryl methyl sites for hydroxylation is 1. The van der Waals surface area contributed by atoms with Gasteiger partial charge in [-0.1, -0.05) is 58.5 Å². The Morgan fingerprint density at radius 1 is 1.00 bits per heavy atom. The molecule has 0 fully saturated rings. The standard InChI is InChI=1S/C6H3Cl4N.C6H7N/c7-5-3-1-2-4(11-5)6(8,9)10;1-6-4-2-3-5-7-6/h1-3H;2-5H,1H3. The van der Waals surface area contributed by atoms with Crippen LogP contribution < -0.4 is 0 Å². The van der Waals surface area contributed by atoms with Crippen LogP contribution in [0.4, 0.5) is 0 Å². The van der Waals surface area contributed by atoms with Crippen LogP contribution in [-0.2, 0) is 3.79 Å². The molecule has 0 N–H and O–H groups in total. The summed E-state index contributed by atoms with van der Waals surface area (Å²) in [7, 11) is 0. The molecule has 2 aromatic heterocycles. The van der Waals surface area contributed by atoms with E-state index in [0.717, 1.165) is 5.69 Å². The highest BCUT2D eigenvalue weighted by Gasteiger charge is 2.24. The van der Waals surface area contributed by atoms with Crippen molar-refractivity contribution in [2.45, 2.75) is 10.7 Å². The minimum atomic E-state index is -1.50. The normalized spacial score (nSPS) is 10.5. The molecular formula is C12H10Cl4N2. The summed E-state index contributed by atoms with van der Waals surface area (Å²) in [6, 6.07) is 10.7. The van der Waals surface area contributed by atoms with E-state index >= 15 is 0 Å². The predicted molar refractivity (Wildman–Crippen MR) is 77.5 cm³/mol. The first-order valence-corrected chi connectivity index (χ1v) is 6.48. The zero-order valence-electron chi connectivity index (χ0n) is 9.45. The SMILES string of the molecule is Cc1ccccn1.Clc1cccc(C(Cl)(Cl)Cl)n1. The summed E-state index contributed by atoms with van der Waals surface area (Å²) >= 11 is 22.2. The summed E-state index contributed by atoms with van der Waals surface area (Å²) < 4.78 is -1.50. The predicted octanol–water partition coefficient (Wildman–Crippen LogP) is 4.95. The second-order valence-electron chi connectivity index (χ2n) is 3.31. The molecule has 0 atom stereocenters. The van der Waals surface area contributed by atoms with E-state index in [4.69, 9.17) is 46.4 Å². The van der Waals surface area contributed by atoms with Gasteiger partial charge in [0.2, 0.25) is 3.79 Å². The number of hydrogen-bond donors (Lipinski definition) is 0. The van der Waals surface area contributed by atoms with Crippen molar-refractivity contribution < 1.29 is 0 Å². The minimum Gasteiger partial charge on any atom is -0.262 e. The Labute approximate surface area is 126 Å². The van der Waals surface area contributed by atoms with Gasteiger partial charge in [0.1, 0.15) is 5.15 Å². The zero-order valence-corrected chi connectivity index (χ0v) is 12.5. The molecule has 0 aliphatic rings. The van der Waals surface area contributed by atoms with Crippen LogP contribution >= 0.6 is 46.4 Å². The molecule has 0 amide bonds. The maximum atomic E-state index is 5.56. The molecule has 0 saturated carbocycles. The molecular weight excluding hydrogens is 314 g/mol. The van der Waals surface area contributed by atoms with Crippen LogP contribution in [-0.4, -0.2) is 9.97 Å². The van der Waals surface area contributed by atoms with Gasteiger partial charge in [0.25, 0.3) is 0 Å². The van der Waals surface area contributed by atoms with Crippen molar-refractivity contribution in [2.75, 3.05) is 0 Å². The van der Waals surface area contributed by atoms with Crippen LogP contribution in [0.5, 0.6) is 0 Å². The lowest BCUT2D eigenvalue weighted by Crippen LogP contribution is -2.02. The second kappa shape index (κ2) is 7.15. The molecule has 2 nitrogen and oxygen atoms in total. The zero-order chi connectivity index (χ0) is 13.6. The molecule has 0 saturated heterocycles. The highest BCUT2D eigenvalue weighted by molar-refractivity contribution is 6.66. The van der Waals surface area contributed by atoms with Gasteiger partial charge < -0.3 is 0 Å². The van der Waals surface area contributed by atoms with E-state index < -0.39 is 3.79 Å². The quantitative estimate of drug-likeness (QED) is 0.506. The van der Waals surface area contributed by atoms with Gasteiger partial charge in [-0.2, -0.15) is 0 Å². The van der Waals surface area contributed by atoms with Crippen molar-refractivity contribution in [1.82, 2.24) is 9.97 Å². The van der Waals surface area contributed by atoms with Crippen LogP contribution in [0, 0.1) is 6.92 Å². The molecule has 2 aromatic rings. The molecule has 2 heterocycles. The molecule has 0 radical (unpaired) electrons. The lowest BCUT2D eigenvalue weighted by atomic mass is 10.4. The van der Waals surface area contributed by atoms with Gasteiger partial charge in [0, 0.05) is 11.9 Å². The summed E-state index contributed by atoms with van der Waals surface area (Å²) in [5.41, 5.74) is 1.40. The fourth-order valence-electron chi connectivity index (χ4n) is 1.01. The Bertz CT molecular complexity index is 483. The lowest BCUT2D eigenvalue weighted by molar-refractivity contribution is 1.09. The Hall–Kier alpha value is -0.540. The summed E-state index contributed by atoms with van der Waals surface area (Å²) in [6.07, 6.45) is 1.79. The van der Waals surface area contributed by atoms with Gasteiger partial charge in [-0.25, -0.2) is 4.98 Å². The van der Waals surface area contributed by atoms with E-state index in [1.807, 2.05) is 25.1 Å². The molecule has 6 heteroatoms. The molecule has 0 aliphatic carbocycles. The average Bonchev–Trinajstić information content (AvgIpc) is 2.30.